The van der Waals surface area contributed by atoms with Crippen LogP contribution in [0.1, 0.15) is 4.88 Å². The van der Waals surface area contributed by atoms with E-state index in [1.54, 1.807) is 6.07 Å². The third kappa shape index (κ3) is 2.84. The van der Waals surface area contributed by atoms with Gasteiger partial charge in [-0.1, -0.05) is 6.07 Å². The van der Waals surface area contributed by atoms with Gasteiger partial charge in [-0.05, 0) is 17.5 Å². The van der Waals surface area contributed by atoms with Crippen LogP contribution in [0.2, 0.25) is 0 Å². The highest BCUT2D eigenvalue weighted by Crippen LogP contribution is 2.24. The number of nitrogens with two attached hydrogens (primary N) is 1. The summed E-state index contributed by atoms with van der Waals surface area (Å²) in [6.07, 6.45) is 0.133. The summed E-state index contributed by atoms with van der Waals surface area (Å²) in [6, 6.07) is 5.26. The molecule has 0 fully saturated rings. The summed E-state index contributed by atoms with van der Waals surface area (Å²) in [7, 11) is 0. The van der Waals surface area contributed by atoms with Gasteiger partial charge in [-0.25, -0.2) is 8.78 Å². The maximum Gasteiger partial charge on any atom is 0.229 e. The van der Waals surface area contributed by atoms with E-state index in [-0.39, 0.29) is 17.8 Å². The summed E-state index contributed by atoms with van der Waals surface area (Å²) in [5.74, 6) is -2.05. The number of rotatable bonds is 3. The molecule has 2 aromatic rings. The largest absolute Gasteiger partial charge is 0.397 e. The Bertz CT molecular complexity index is 546. The van der Waals surface area contributed by atoms with Gasteiger partial charge in [0.15, 0.2) is 5.82 Å². The zero-order chi connectivity index (χ0) is 13.1. The number of amides is 1. The van der Waals surface area contributed by atoms with Crippen LogP contribution in [-0.2, 0) is 11.2 Å². The van der Waals surface area contributed by atoms with Crippen LogP contribution in [0.4, 0.5) is 20.2 Å². The number of anilines is 2. The molecule has 3 nitrogen and oxygen atoms in total. The van der Waals surface area contributed by atoms with Gasteiger partial charge in [0.2, 0.25) is 5.91 Å². The van der Waals surface area contributed by atoms with Crippen molar-refractivity contribution in [2.75, 3.05) is 11.1 Å². The van der Waals surface area contributed by atoms with Gasteiger partial charge >= 0.3 is 0 Å². The number of nitrogen functional groups attached to an aromatic ring is 1. The maximum absolute atomic E-state index is 13.4. The molecule has 3 N–H and O–H groups in total. The molecule has 1 heterocycles. The first-order chi connectivity index (χ1) is 8.56. The number of carbonyl (C=O) groups is 1. The van der Waals surface area contributed by atoms with E-state index >= 15 is 0 Å². The highest BCUT2D eigenvalue weighted by atomic mass is 32.1. The molecular weight excluding hydrogens is 258 g/mol. The second kappa shape index (κ2) is 5.14. The average Bonchev–Trinajstić information content (AvgIpc) is 2.76. The van der Waals surface area contributed by atoms with Gasteiger partial charge in [-0.15, -0.1) is 11.3 Å². The van der Waals surface area contributed by atoms with Crippen LogP contribution in [0.25, 0.3) is 0 Å². The van der Waals surface area contributed by atoms with E-state index in [0.717, 1.165) is 10.9 Å². The molecule has 0 atom stereocenters. The Morgan fingerprint density at radius 1 is 1.39 bits per heavy atom. The molecule has 0 saturated carbocycles. The van der Waals surface area contributed by atoms with Crippen molar-refractivity contribution in [1.82, 2.24) is 0 Å². The average molecular weight is 268 g/mol. The number of carbonyl (C=O) groups excluding carboxylic acids is 1. The quantitative estimate of drug-likeness (QED) is 0.841. The molecule has 0 aliphatic heterocycles. The van der Waals surface area contributed by atoms with Crippen LogP contribution in [0, 0.1) is 11.6 Å². The Morgan fingerprint density at radius 3 is 2.78 bits per heavy atom. The van der Waals surface area contributed by atoms with Gasteiger partial charge in [-0.2, -0.15) is 0 Å². The van der Waals surface area contributed by atoms with E-state index in [1.807, 2.05) is 11.4 Å². The van der Waals surface area contributed by atoms with Crippen molar-refractivity contribution in [2.24, 2.45) is 0 Å². The Balaban J connectivity index is 2.12. The predicted molar refractivity (Wildman–Crippen MR) is 67.4 cm³/mol. The summed E-state index contributed by atoms with van der Waals surface area (Å²) < 4.78 is 26.2. The lowest BCUT2D eigenvalue weighted by Gasteiger charge is -2.09. The topological polar surface area (TPSA) is 55.1 Å². The van der Waals surface area contributed by atoms with Crippen LogP contribution in [0.15, 0.2) is 29.6 Å². The highest BCUT2D eigenvalue weighted by molar-refractivity contribution is 7.10. The third-order valence-corrected chi connectivity index (χ3v) is 3.14. The fourth-order valence-electron chi connectivity index (χ4n) is 1.48. The molecule has 1 aromatic carbocycles. The predicted octanol–water partition coefficient (Wildman–Crippen LogP) is 2.79. The lowest BCUT2D eigenvalue weighted by Crippen LogP contribution is -2.16. The number of hydrogen-bond acceptors (Lipinski definition) is 3. The molecule has 0 spiro atoms. The monoisotopic (exact) mass is 268 g/mol. The van der Waals surface area contributed by atoms with Gasteiger partial charge in [0, 0.05) is 10.9 Å². The fraction of sp³-hybridized carbons (Fsp3) is 0.0833. The summed E-state index contributed by atoms with van der Waals surface area (Å²) in [4.78, 5) is 12.5. The van der Waals surface area contributed by atoms with E-state index in [2.05, 4.69) is 5.32 Å². The van der Waals surface area contributed by atoms with E-state index in [1.165, 1.54) is 11.3 Å². The summed E-state index contributed by atoms with van der Waals surface area (Å²) in [5.41, 5.74) is 5.14. The van der Waals surface area contributed by atoms with E-state index in [4.69, 9.17) is 5.73 Å². The van der Waals surface area contributed by atoms with Crippen molar-refractivity contribution in [1.29, 1.82) is 0 Å². The summed E-state index contributed by atoms with van der Waals surface area (Å²) in [6.45, 7) is 0. The van der Waals surface area contributed by atoms with E-state index < -0.39 is 17.5 Å². The van der Waals surface area contributed by atoms with Crippen LogP contribution in [0.5, 0.6) is 0 Å². The molecule has 0 unspecified atom stereocenters. The zero-order valence-electron chi connectivity index (χ0n) is 9.24. The van der Waals surface area contributed by atoms with Gasteiger partial charge in [-0.3, -0.25) is 4.79 Å². The Hall–Kier alpha value is -1.95. The number of benzene rings is 1. The van der Waals surface area contributed by atoms with Crippen LogP contribution < -0.4 is 11.1 Å². The molecule has 0 saturated heterocycles. The van der Waals surface area contributed by atoms with Crippen molar-refractivity contribution in [3.8, 4) is 0 Å². The molecule has 6 heteroatoms. The number of thiophene rings is 1. The van der Waals surface area contributed by atoms with Gasteiger partial charge < -0.3 is 11.1 Å². The smallest absolute Gasteiger partial charge is 0.229 e. The van der Waals surface area contributed by atoms with Crippen LogP contribution >= 0.6 is 11.3 Å². The highest BCUT2D eigenvalue weighted by Gasteiger charge is 2.12. The van der Waals surface area contributed by atoms with Gasteiger partial charge in [0.25, 0.3) is 0 Å². The molecule has 94 valence electrons. The molecule has 18 heavy (non-hydrogen) atoms. The molecule has 1 amide bonds. The van der Waals surface area contributed by atoms with Crippen molar-refractivity contribution in [3.63, 3.8) is 0 Å². The first-order valence-corrected chi connectivity index (χ1v) is 6.01. The standard InChI is InChI=1S/C12H10F2N2OS/c13-7-4-9(14)12(10(15)5-7)16-11(17)6-8-2-1-3-18-8/h1-5H,6,15H2,(H,16,17). The Kier molecular flexibility index (Phi) is 3.57. The SMILES string of the molecule is Nc1cc(F)cc(F)c1NC(=O)Cc1cccs1. The minimum atomic E-state index is -0.882. The Labute approximate surface area is 106 Å². The molecule has 2 rings (SSSR count). The minimum Gasteiger partial charge on any atom is -0.397 e. The number of halogens is 2. The van der Waals surface area contributed by atoms with Gasteiger partial charge in [0.05, 0.1) is 12.1 Å². The lowest BCUT2D eigenvalue weighted by molar-refractivity contribution is -0.115. The normalized spacial score (nSPS) is 10.3. The second-order valence-corrected chi connectivity index (χ2v) is 4.69. The van der Waals surface area contributed by atoms with Crippen LogP contribution in [-0.4, -0.2) is 5.91 Å². The zero-order valence-corrected chi connectivity index (χ0v) is 10.1. The first-order valence-electron chi connectivity index (χ1n) is 5.13. The van der Waals surface area contributed by atoms with Crippen molar-refractivity contribution in [2.45, 2.75) is 6.42 Å². The summed E-state index contributed by atoms with van der Waals surface area (Å²) in [5, 5.41) is 4.19. The Morgan fingerprint density at radius 2 is 2.17 bits per heavy atom. The van der Waals surface area contributed by atoms with Crippen molar-refractivity contribution in [3.05, 3.63) is 46.2 Å². The second-order valence-electron chi connectivity index (χ2n) is 3.66. The fourth-order valence-corrected chi connectivity index (χ4v) is 2.18. The molecule has 1 aromatic heterocycles. The van der Waals surface area contributed by atoms with E-state index in [9.17, 15) is 13.6 Å². The van der Waals surface area contributed by atoms with Crippen molar-refractivity contribution < 1.29 is 13.6 Å². The minimum absolute atomic E-state index is 0.132. The van der Waals surface area contributed by atoms with Crippen molar-refractivity contribution >= 4 is 28.6 Å². The molecule has 0 aliphatic carbocycles. The lowest BCUT2D eigenvalue weighted by atomic mass is 10.2. The maximum atomic E-state index is 13.4. The molecule has 0 bridgehead atoms. The van der Waals surface area contributed by atoms with Gasteiger partial charge in [0.1, 0.15) is 11.5 Å². The van der Waals surface area contributed by atoms with Crippen LogP contribution in [0.3, 0.4) is 0 Å². The molecular formula is C12H10F2N2OS. The third-order valence-electron chi connectivity index (χ3n) is 2.26. The molecule has 0 radical (unpaired) electrons. The number of hydrogen-bond donors (Lipinski definition) is 2. The molecule has 0 aliphatic rings. The summed E-state index contributed by atoms with van der Waals surface area (Å²) >= 11 is 1.43. The first kappa shape index (κ1) is 12.5. The number of nitrogens with one attached hydrogen (secondary N) is 1. The van der Waals surface area contributed by atoms with E-state index in [0.29, 0.717) is 6.07 Å².